The molecule has 1 amide bonds. The lowest BCUT2D eigenvalue weighted by Gasteiger charge is -2.19. The van der Waals surface area contributed by atoms with Crippen molar-refractivity contribution in [1.29, 1.82) is 0 Å². The van der Waals surface area contributed by atoms with Crippen LogP contribution in [0.4, 0.5) is 0 Å². The molecule has 0 spiro atoms. The molecule has 1 fully saturated rings. The summed E-state index contributed by atoms with van der Waals surface area (Å²) in [7, 11) is 0. The topological polar surface area (TPSA) is 46.3 Å². The normalized spacial score (nSPS) is 15.2. The van der Waals surface area contributed by atoms with Gasteiger partial charge >= 0.3 is 0 Å². The maximum absolute atomic E-state index is 12.2. The van der Waals surface area contributed by atoms with E-state index < -0.39 is 0 Å². The second kappa shape index (κ2) is 4.57. The molecule has 0 radical (unpaired) electrons. The highest BCUT2D eigenvalue weighted by molar-refractivity contribution is 9.09. The Hall–Kier alpha value is -0.840. The van der Waals surface area contributed by atoms with Crippen LogP contribution in [-0.4, -0.2) is 33.7 Å². The number of aryl methyl sites for hydroxylation is 2. The summed E-state index contributed by atoms with van der Waals surface area (Å²) in [6.45, 7) is 4.29. The van der Waals surface area contributed by atoms with Gasteiger partial charge in [-0.05, 0) is 19.8 Å². The number of oxazole rings is 1. The fourth-order valence-electron chi connectivity index (χ4n) is 1.79. The van der Waals surface area contributed by atoms with Crippen LogP contribution in [0.15, 0.2) is 4.42 Å². The molecular formula is C11H15BrN2O2. The number of carbonyl (C=O) groups excluding carboxylic acids is 1. The molecule has 0 aliphatic heterocycles. The number of aromatic nitrogens is 1. The van der Waals surface area contributed by atoms with E-state index in [-0.39, 0.29) is 5.91 Å². The highest BCUT2D eigenvalue weighted by Gasteiger charge is 2.34. The van der Waals surface area contributed by atoms with Gasteiger partial charge in [0.1, 0.15) is 0 Å². The average molecular weight is 287 g/mol. The summed E-state index contributed by atoms with van der Waals surface area (Å²) < 4.78 is 5.36. The minimum Gasteiger partial charge on any atom is -0.436 e. The van der Waals surface area contributed by atoms with Gasteiger partial charge in [0.15, 0.2) is 5.89 Å². The Balaban J connectivity index is 2.18. The average Bonchev–Trinajstić information content (AvgIpc) is 3.00. The second-order valence-corrected chi connectivity index (χ2v) is 4.86. The quantitative estimate of drug-likeness (QED) is 0.798. The molecular weight excluding hydrogens is 272 g/mol. The number of carbonyl (C=O) groups is 1. The number of hydrogen-bond acceptors (Lipinski definition) is 3. The zero-order valence-corrected chi connectivity index (χ0v) is 11.1. The van der Waals surface area contributed by atoms with Crippen molar-refractivity contribution < 1.29 is 9.21 Å². The van der Waals surface area contributed by atoms with Gasteiger partial charge in [0.05, 0.1) is 5.69 Å². The molecule has 0 N–H and O–H groups in total. The number of nitrogens with zero attached hydrogens (tertiary/aromatic N) is 2. The molecule has 0 bridgehead atoms. The lowest BCUT2D eigenvalue weighted by Crippen LogP contribution is -2.34. The SMILES string of the molecule is Cc1nc(C)c(C(=O)N(CCBr)C2CC2)o1. The van der Waals surface area contributed by atoms with E-state index in [9.17, 15) is 4.79 Å². The molecule has 0 atom stereocenters. The van der Waals surface area contributed by atoms with E-state index in [0.29, 0.717) is 23.4 Å². The van der Waals surface area contributed by atoms with Crippen LogP contribution in [-0.2, 0) is 0 Å². The number of amides is 1. The van der Waals surface area contributed by atoms with Gasteiger partial charge < -0.3 is 9.32 Å². The van der Waals surface area contributed by atoms with Crippen molar-refractivity contribution in [2.75, 3.05) is 11.9 Å². The largest absolute Gasteiger partial charge is 0.436 e. The first kappa shape index (κ1) is 11.6. The Kier molecular flexibility index (Phi) is 3.33. The van der Waals surface area contributed by atoms with Gasteiger partial charge in [0, 0.05) is 24.8 Å². The van der Waals surface area contributed by atoms with Crippen molar-refractivity contribution in [1.82, 2.24) is 9.88 Å². The van der Waals surface area contributed by atoms with Gasteiger partial charge in [0.25, 0.3) is 5.91 Å². The van der Waals surface area contributed by atoms with Crippen LogP contribution in [0.2, 0.25) is 0 Å². The van der Waals surface area contributed by atoms with Gasteiger partial charge in [0.2, 0.25) is 5.76 Å². The minimum absolute atomic E-state index is 0.0277. The lowest BCUT2D eigenvalue weighted by atomic mass is 10.3. The van der Waals surface area contributed by atoms with Crippen molar-refractivity contribution in [3.05, 3.63) is 17.3 Å². The molecule has 1 aromatic rings. The first-order valence-electron chi connectivity index (χ1n) is 5.44. The van der Waals surface area contributed by atoms with E-state index in [1.165, 1.54) is 0 Å². The van der Waals surface area contributed by atoms with Gasteiger partial charge in [-0.3, -0.25) is 4.79 Å². The summed E-state index contributed by atoms with van der Waals surface area (Å²) >= 11 is 3.37. The van der Waals surface area contributed by atoms with Crippen LogP contribution in [0.25, 0.3) is 0 Å². The van der Waals surface area contributed by atoms with Crippen LogP contribution >= 0.6 is 15.9 Å². The Morgan fingerprint density at radius 3 is 2.69 bits per heavy atom. The van der Waals surface area contributed by atoms with E-state index in [4.69, 9.17) is 4.42 Å². The maximum atomic E-state index is 12.2. The Bertz CT molecular complexity index is 399. The third-order valence-electron chi connectivity index (χ3n) is 2.67. The molecule has 0 saturated heterocycles. The molecule has 0 unspecified atom stereocenters. The Morgan fingerprint density at radius 1 is 1.56 bits per heavy atom. The highest BCUT2D eigenvalue weighted by atomic mass is 79.9. The van der Waals surface area contributed by atoms with Gasteiger partial charge in [-0.25, -0.2) is 4.98 Å². The van der Waals surface area contributed by atoms with E-state index in [1.807, 2.05) is 11.8 Å². The monoisotopic (exact) mass is 286 g/mol. The van der Waals surface area contributed by atoms with Crippen molar-refractivity contribution in [2.24, 2.45) is 0 Å². The van der Waals surface area contributed by atoms with Crippen LogP contribution in [0, 0.1) is 13.8 Å². The van der Waals surface area contributed by atoms with Crippen LogP contribution in [0.5, 0.6) is 0 Å². The summed E-state index contributed by atoms with van der Waals surface area (Å²) in [6, 6.07) is 0.398. The molecule has 1 saturated carbocycles. The van der Waals surface area contributed by atoms with Gasteiger partial charge in [-0.15, -0.1) is 0 Å². The van der Waals surface area contributed by atoms with Crippen molar-refractivity contribution in [3.63, 3.8) is 0 Å². The zero-order valence-electron chi connectivity index (χ0n) is 9.49. The predicted molar refractivity (Wildman–Crippen MR) is 63.8 cm³/mol. The van der Waals surface area contributed by atoms with Gasteiger partial charge in [-0.2, -0.15) is 0 Å². The lowest BCUT2D eigenvalue weighted by molar-refractivity contribution is 0.0720. The van der Waals surface area contributed by atoms with Crippen molar-refractivity contribution in [2.45, 2.75) is 32.7 Å². The summed E-state index contributed by atoms with van der Waals surface area (Å²) in [5.74, 6) is 0.917. The fraction of sp³-hybridized carbons (Fsp3) is 0.636. The molecule has 1 heterocycles. The molecule has 4 nitrogen and oxygen atoms in total. The molecule has 1 aliphatic carbocycles. The van der Waals surface area contributed by atoms with Crippen molar-refractivity contribution >= 4 is 21.8 Å². The summed E-state index contributed by atoms with van der Waals surface area (Å²) in [6.07, 6.45) is 2.20. The Morgan fingerprint density at radius 2 is 2.25 bits per heavy atom. The van der Waals surface area contributed by atoms with E-state index in [1.54, 1.807) is 6.92 Å². The maximum Gasteiger partial charge on any atom is 0.291 e. The fourth-order valence-corrected chi connectivity index (χ4v) is 2.17. The Labute approximate surface area is 103 Å². The van der Waals surface area contributed by atoms with Crippen LogP contribution < -0.4 is 0 Å². The van der Waals surface area contributed by atoms with E-state index in [2.05, 4.69) is 20.9 Å². The molecule has 1 aliphatic rings. The third-order valence-corrected chi connectivity index (χ3v) is 3.03. The van der Waals surface area contributed by atoms with Gasteiger partial charge in [-0.1, -0.05) is 15.9 Å². The molecule has 0 aromatic carbocycles. The molecule has 2 rings (SSSR count). The number of rotatable bonds is 4. The molecule has 5 heteroatoms. The number of alkyl halides is 1. The molecule has 1 aromatic heterocycles. The first-order chi connectivity index (χ1) is 7.63. The van der Waals surface area contributed by atoms with E-state index >= 15 is 0 Å². The standard InChI is InChI=1S/C11H15BrN2O2/c1-7-10(16-8(2)13-7)11(15)14(6-5-12)9-3-4-9/h9H,3-6H2,1-2H3. The van der Waals surface area contributed by atoms with Crippen molar-refractivity contribution in [3.8, 4) is 0 Å². The molecule has 16 heavy (non-hydrogen) atoms. The van der Waals surface area contributed by atoms with Crippen LogP contribution in [0.3, 0.4) is 0 Å². The summed E-state index contributed by atoms with van der Waals surface area (Å²) in [5, 5.41) is 0.793. The smallest absolute Gasteiger partial charge is 0.291 e. The van der Waals surface area contributed by atoms with Crippen LogP contribution in [0.1, 0.15) is 35.0 Å². The zero-order chi connectivity index (χ0) is 11.7. The second-order valence-electron chi connectivity index (χ2n) is 4.07. The first-order valence-corrected chi connectivity index (χ1v) is 6.56. The highest BCUT2D eigenvalue weighted by Crippen LogP contribution is 2.28. The minimum atomic E-state index is -0.0277. The van der Waals surface area contributed by atoms with E-state index in [0.717, 1.165) is 24.7 Å². The number of hydrogen-bond donors (Lipinski definition) is 0. The third kappa shape index (κ3) is 2.29. The molecule has 88 valence electrons. The summed E-state index contributed by atoms with van der Waals surface area (Å²) in [5.41, 5.74) is 0.683. The number of halogens is 1. The predicted octanol–water partition coefficient (Wildman–Crippen LogP) is 2.29. The summed E-state index contributed by atoms with van der Waals surface area (Å²) in [4.78, 5) is 18.2.